The highest BCUT2D eigenvalue weighted by Crippen LogP contribution is 2.19. The summed E-state index contributed by atoms with van der Waals surface area (Å²) < 4.78 is 36.6. The summed E-state index contributed by atoms with van der Waals surface area (Å²) in [7, 11) is -2.93. The van der Waals surface area contributed by atoms with Gasteiger partial charge >= 0.3 is 0 Å². The molecule has 0 bridgehead atoms. The van der Waals surface area contributed by atoms with Gasteiger partial charge in [0.1, 0.15) is 5.82 Å². The van der Waals surface area contributed by atoms with Crippen molar-refractivity contribution in [2.45, 2.75) is 25.8 Å². The molecule has 0 spiro atoms. The molecule has 0 amide bonds. The number of benzene rings is 1. The zero-order valence-corrected chi connectivity index (χ0v) is 15.0. The first kappa shape index (κ1) is 17.7. The second-order valence-electron chi connectivity index (χ2n) is 6.26. The van der Waals surface area contributed by atoms with Crippen LogP contribution in [0.25, 0.3) is 10.9 Å². The highest BCUT2D eigenvalue weighted by molar-refractivity contribution is 7.91. The summed E-state index contributed by atoms with van der Waals surface area (Å²) in [6, 6.07) is 4.59. The van der Waals surface area contributed by atoms with E-state index in [9.17, 15) is 12.8 Å². The average Bonchev–Trinajstić information content (AvgIpc) is 3.10. The van der Waals surface area contributed by atoms with Crippen molar-refractivity contribution in [1.29, 1.82) is 0 Å². The lowest BCUT2D eigenvalue weighted by Crippen LogP contribution is -2.44. The first-order chi connectivity index (χ1) is 12.0. The molecular formula is C17H23FN4O2S. The number of fused-ring (bicyclic) bond motifs is 1. The van der Waals surface area contributed by atoms with Crippen LogP contribution in [0.15, 0.2) is 29.4 Å². The maximum absolute atomic E-state index is 13.4. The van der Waals surface area contributed by atoms with Crippen molar-refractivity contribution < 1.29 is 12.8 Å². The molecule has 0 radical (unpaired) electrons. The van der Waals surface area contributed by atoms with E-state index in [0.29, 0.717) is 31.9 Å². The molecule has 0 saturated carbocycles. The Morgan fingerprint density at radius 2 is 2.28 bits per heavy atom. The number of H-pyrrole nitrogens is 1. The van der Waals surface area contributed by atoms with Crippen molar-refractivity contribution in [3.8, 4) is 0 Å². The standard InChI is InChI=1S/C17H23FN4O2S/c1-2-19-17(22-14-6-8-25(23,24)11-14)20-7-5-12-10-21-16-4-3-13(18)9-15(12)16/h3-4,9-10,14,21H,2,5-8,11H2,1H3,(H2,19,20,22). The normalized spacial score (nSPS) is 20.1. The fourth-order valence-corrected chi connectivity index (χ4v) is 4.74. The van der Waals surface area contributed by atoms with Crippen LogP contribution in [0.2, 0.25) is 0 Å². The molecule has 6 nitrogen and oxygen atoms in total. The van der Waals surface area contributed by atoms with Gasteiger partial charge < -0.3 is 15.6 Å². The predicted octanol–water partition coefficient (Wildman–Crippen LogP) is 1.59. The van der Waals surface area contributed by atoms with Crippen LogP contribution in [0.4, 0.5) is 4.39 Å². The topological polar surface area (TPSA) is 86.3 Å². The van der Waals surface area contributed by atoms with Gasteiger partial charge in [-0.1, -0.05) is 0 Å². The number of hydrogen-bond donors (Lipinski definition) is 3. The molecule has 136 valence electrons. The third kappa shape index (κ3) is 4.50. The molecule has 3 rings (SSSR count). The van der Waals surface area contributed by atoms with Crippen molar-refractivity contribution >= 4 is 26.7 Å². The summed E-state index contributed by atoms with van der Waals surface area (Å²) in [5, 5.41) is 7.20. The number of aromatic amines is 1. The van der Waals surface area contributed by atoms with Gasteiger partial charge in [0, 0.05) is 36.2 Å². The Morgan fingerprint density at radius 1 is 1.44 bits per heavy atom. The minimum absolute atomic E-state index is 0.0926. The number of aliphatic imine (C=N–C) groups is 1. The summed E-state index contributed by atoms with van der Waals surface area (Å²) in [6.07, 6.45) is 3.15. The molecule has 1 unspecified atom stereocenters. The number of guanidine groups is 1. The van der Waals surface area contributed by atoms with Crippen LogP contribution in [-0.4, -0.2) is 50.0 Å². The molecule has 3 N–H and O–H groups in total. The molecule has 1 aliphatic rings. The van der Waals surface area contributed by atoms with Crippen LogP contribution in [0.5, 0.6) is 0 Å². The average molecular weight is 366 g/mol. The zero-order valence-electron chi connectivity index (χ0n) is 14.2. The summed E-state index contributed by atoms with van der Waals surface area (Å²) in [5.41, 5.74) is 1.92. The molecule has 1 aliphatic heterocycles. The van der Waals surface area contributed by atoms with Gasteiger partial charge in [-0.3, -0.25) is 4.99 Å². The smallest absolute Gasteiger partial charge is 0.191 e. The number of halogens is 1. The zero-order chi connectivity index (χ0) is 17.9. The second kappa shape index (κ2) is 7.43. The Hall–Kier alpha value is -2.09. The minimum Gasteiger partial charge on any atom is -0.361 e. The lowest BCUT2D eigenvalue weighted by Gasteiger charge is -2.15. The van der Waals surface area contributed by atoms with E-state index in [4.69, 9.17) is 0 Å². The van der Waals surface area contributed by atoms with Crippen molar-refractivity contribution in [3.05, 3.63) is 35.8 Å². The van der Waals surface area contributed by atoms with Gasteiger partial charge in [0.2, 0.25) is 0 Å². The molecule has 1 aromatic heterocycles. The van der Waals surface area contributed by atoms with Gasteiger partial charge in [-0.15, -0.1) is 0 Å². The Labute approximate surface area is 146 Å². The monoisotopic (exact) mass is 366 g/mol. The molecule has 1 atom stereocenters. The first-order valence-electron chi connectivity index (χ1n) is 8.47. The molecular weight excluding hydrogens is 343 g/mol. The molecule has 2 heterocycles. The van der Waals surface area contributed by atoms with Gasteiger partial charge in [-0.25, -0.2) is 12.8 Å². The van der Waals surface area contributed by atoms with Crippen LogP contribution in [0.1, 0.15) is 18.9 Å². The fourth-order valence-electron chi connectivity index (χ4n) is 3.07. The second-order valence-corrected chi connectivity index (χ2v) is 8.49. The summed E-state index contributed by atoms with van der Waals surface area (Å²) in [4.78, 5) is 7.65. The lowest BCUT2D eigenvalue weighted by atomic mass is 10.1. The van der Waals surface area contributed by atoms with Crippen molar-refractivity contribution in [2.24, 2.45) is 4.99 Å². The molecule has 1 saturated heterocycles. The van der Waals surface area contributed by atoms with Crippen LogP contribution >= 0.6 is 0 Å². The Morgan fingerprint density at radius 3 is 3.00 bits per heavy atom. The maximum Gasteiger partial charge on any atom is 0.191 e. The van der Waals surface area contributed by atoms with Gasteiger partial charge in [-0.05, 0) is 43.5 Å². The third-order valence-electron chi connectivity index (χ3n) is 4.30. The van der Waals surface area contributed by atoms with E-state index in [0.717, 1.165) is 16.5 Å². The highest BCUT2D eigenvalue weighted by atomic mass is 32.2. The predicted molar refractivity (Wildman–Crippen MR) is 98.1 cm³/mol. The largest absolute Gasteiger partial charge is 0.361 e. The SMILES string of the molecule is CCNC(=NCCc1c[nH]c2ccc(F)cc12)NC1CCS(=O)(=O)C1. The summed E-state index contributed by atoms with van der Waals surface area (Å²) >= 11 is 0. The van der Waals surface area contributed by atoms with Gasteiger partial charge in [0.25, 0.3) is 0 Å². The van der Waals surface area contributed by atoms with Crippen molar-refractivity contribution in [1.82, 2.24) is 15.6 Å². The van der Waals surface area contributed by atoms with Crippen LogP contribution in [-0.2, 0) is 16.3 Å². The van der Waals surface area contributed by atoms with E-state index in [2.05, 4.69) is 20.6 Å². The number of nitrogens with zero attached hydrogens (tertiary/aromatic N) is 1. The summed E-state index contributed by atoms with van der Waals surface area (Å²) in [5.74, 6) is 0.745. The Balaban J connectivity index is 1.64. The van der Waals surface area contributed by atoms with E-state index in [1.54, 1.807) is 6.07 Å². The van der Waals surface area contributed by atoms with E-state index < -0.39 is 9.84 Å². The van der Waals surface area contributed by atoms with E-state index in [1.807, 2.05) is 13.1 Å². The molecule has 0 aliphatic carbocycles. The van der Waals surface area contributed by atoms with Crippen LogP contribution in [0, 0.1) is 5.82 Å². The van der Waals surface area contributed by atoms with Gasteiger partial charge in [0.15, 0.2) is 15.8 Å². The van der Waals surface area contributed by atoms with Gasteiger partial charge in [0.05, 0.1) is 11.5 Å². The number of hydrogen-bond acceptors (Lipinski definition) is 3. The molecule has 2 aromatic rings. The lowest BCUT2D eigenvalue weighted by molar-refractivity contribution is 0.599. The van der Waals surface area contributed by atoms with Crippen molar-refractivity contribution in [2.75, 3.05) is 24.6 Å². The number of sulfone groups is 1. The highest BCUT2D eigenvalue weighted by Gasteiger charge is 2.28. The van der Waals surface area contributed by atoms with Gasteiger partial charge in [-0.2, -0.15) is 0 Å². The quantitative estimate of drug-likeness (QED) is 0.554. The van der Waals surface area contributed by atoms with Crippen LogP contribution in [0.3, 0.4) is 0 Å². The third-order valence-corrected chi connectivity index (χ3v) is 6.07. The van der Waals surface area contributed by atoms with E-state index >= 15 is 0 Å². The minimum atomic E-state index is -2.93. The Bertz CT molecular complexity index is 876. The number of nitrogens with one attached hydrogen (secondary N) is 3. The fraction of sp³-hybridized carbons (Fsp3) is 0.471. The first-order valence-corrected chi connectivity index (χ1v) is 10.3. The summed E-state index contributed by atoms with van der Waals surface area (Å²) in [6.45, 7) is 3.19. The maximum atomic E-state index is 13.4. The van der Waals surface area contributed by atoms with E-state index in [1.165, 1.54) is 12.1 Å². The molecule has 8 heteroatoms. The van der Waals surface area contributed by atoms with Crippen LogP contribution < -0.4 is 10.6 Å². The number of aromatic nitrogens is 1. The van der Waals surface area contributed by atoms with Crippen molar-refractivity contribution in [3.63, 3.8) is 0 Å². The molecule has 1 fully saturated rings. The number of rotatable bonds is 5. The van der Waals surface area contributed by atoms with E-state index in [-0.39, 0.29) is 23.4 Å². The Kier molecular flexibility index (Phi) is 5.27. The molecule has 1 aromatic carbocycles. The molecule has 25 heavy (non-hydrogen) atoms.